The number of benzene rings is 6. The van der Waals surface area contributed by atoms with Crippen LogP contribution in [0.4, 0.5) is 0 Å². The van der Waals surface area contributed by atoms with Crippen LogP contribution < -0.4 is 5.32 Å². The van der Waals surface area contributed by atoms with Gasteiger partial charge in [-0.25, -0.2) is 9.98 Å². The zero-order valence-electron chi connectivity index (χ0n) is 33.1. The maximum Gasteiger partial charge on any atom is 0.147 e. The number of nitrogens with zero attached hydrogens (tertiary/aromatic N) is 2. The predicted octanol–water partition coefficient (Wildman–Crippen LogP) is 13.4. The maximum atomic E-state index is 6.74. The largest absolute Gasteiger partial charge is 0.455 e. The van der Waals surface area contributed by atoms with E-state index < -0.39 is 0 Å². The molecule has 0 radical (unpaired) electrons. The summed E-state index contributed by atoms with van der Waals surface area (Å²) >= 11 is 0. The van der Waals surface area contributed by atoms with Crippen molar-refractivity contribution >= 4 is 33.6 Å². The van der Waals surface area contributed by atoms with E-state index in [1.165, 1.54) is 76.6 Å². The van der Waals surface area contributed by atoms with Crippen LogP contribution in [-0.2, 0) is 10.8 Å². The lowest BCUT2D eigenvalue weighted by Gasteiger charge is -2.36. The lowest BCUT2D eigenvalue weighted by atomic mass is 9.67. The minimum absolute atomic E-state index is 0.0828. The highest BCUT2D eigenvalue weighted by atomic mass is 16.3. The Hall–Kier alpha value is -6.26. The van der Waals surface area contributed by atoms with Crippen LogP contribution in [0.15, 0.2) is 160 Å². The molecule has 1 N–H and O–H groups in total. The van der Waals surface area contributed by atoms with E-state index in [1.807, 2.05) is 6.07 Å². The van der Waals surface area contributed by atoms with Crippen molar-refractivity contribution in [2.24, 2.45) is 15.9 Å². The molecule has 282 valence electrons. The van der Waals surface area contributed by atoms with Crippen LogP contribution >= 0.6 is 0 Å². The third kappa shape index (κ3) is 4.93. The Kier molecular flexibility index (Phi) is 7.36. The molecule has 5 aliphatic rings. The van der Waals surface area contributed by atoms with Gasteiger partial charge in [-0.2, -0.15) is 0 Å². The first-order chi connectivity index (χ1) is 28.5. The van der Waals surface area contributed by atoms with Gasteiger partial charge in [-0.15, -0.1) is 0 Å². The second-order valence-corrected chi connectivity index (χ2v) is 17.6. The number of rotatable bonds is 4. The fourth-order valence-corrected chi connectivity index (χ4v) is 11.1. The standard InChI is InChI=1S/C54H45N3O/c1-53(2)44-25-23-35(29-40(44)42-32-47-41(31-46(42)53)37-19-10-11-22-45(37)54(47)27-12-5-13-28-54)36-24-26-48-43(30-36)38-20-14-21-39(49(38)58-48)52-56-50(33-15-6-3-7-16-33)55-51(57-52)34-17-8-4-9-18-34/h3-4,6-11,14-17,19-26,29-32,34,50H,5,12-13,18,27-28H2,1-2H3,(H,55,56,57). The van der Waals surface area contributed by atoms with E-state index in [0.717, 1.165) is 51.2 Å². The van der Waals surface area contributed by atoms with Crippen molar-refractivity contribution in [3.05, 3.63) is 179 Å². The molecule has 4 aliphatic carbocycles. The zero-order chi connectivity index (χ0) is 38.6. The molecule has 1 saturated carbocycles. The van der Waals surface area contributed by atoms with Gasteiger partial charge in [0.05, 0.1) is 5.56 Å². The molecule has 1 aromatic heterocycles. The van der Waals surface area contributed by atoms with E-state index in [-0.39, 0.29) is 22.9 Å². The highest BCUT2D eigenvalue weighted by molar-refractivity contribution is 6.18. The second-order valence-electron chi connectivity index (χ2n) is 17.6. The fourth-order valence-electron chi connectivity index (χ4n) is 11.1. The lowest BCUT2D eigenvalue weighted by molar-refractivity contribution is 0.353. The number of para-hydroxylation sites is 1. The Morgan fingerprint density at radius 1 is 0.621 bits per heavy atom. The highest BCUT2D eigenvalue weighted by Crippen LogP contribution is 2.60. The number of aliphatic imine (C=N–C) groups is 2. The molecular weight excluding hydrogens is 707 g/mol. The SMILES string of the molecule is CC1(C)c2ccc(-c3ccc4oc5c(C6=NC(C7C=CC=CC7)=NC(c7ccccc7)N6)cccc5c4c3)cc2-c2cc3c(cc21)-c1ccccc1C31CCCCC1. The van der Waals surface area contributed by atoms with Crippen LogP contribution in [0, 0.1) is 5.92 Å². The van der Waals surface area contributed by atoms with E-state index >= 15 is 0 Å². The molecule has 2 unspecified atom stereocenters. The molecule has 0 bridgehead atoms. The lowest BCUT2D eigenvalue weighted by Crippen LogP contribution is -2.35. The summed E-state index contributed by atoms with van der Waals surface area (Å²) in [6, 6.07) is 45.2. The summed E-state index contributed by atoms with van der Waals surface area (Å²) in [6.07, 6.45) is 15.7. The molecule has 0 amide bonds. The van der Waals surface area contributed by atoms with Crippen molar-refractivity contribution in [2.75, 3.05) is 0 Å². The van der Waals surface area contributed by atoms with E-state index in [1.54, 1.807) is 11.1 Å². The number of amidine groups is 2. The highest BCUT2D eigenvalue weighted by Gasteiger charge is 2.46. The summed E-state index contributed by atoms with van der Waals surface area (Å²) < 4.78 is 6.74. The molecule has 58 heavy (non-hydrogen) atoms. The molecule has 0 saturated heterocycles. The molecule has 1 fully saturated rings. The predicted molar refractivity (Wildman–Crippen MR) is 239 cm³/mol. The van der Waals surface area contributed by atoms with Crippen molar-refractivity contribution in [3.63, 3.8) is 0 Å². The van der Waals surface area contributed by atoms with Crippen LogP contribution in [0.5, 0.6) is 0 Å². The summed E-state index contributed by atoms with van der Waals surface area (Å²) in [7, 11) is 0. The number of hydrogen-bond acceptors (Lipinski definition) is 4. The van der Waals surface area contributed by atoms with Crippen LogP contribution in [-0.4, -0.2) is 11.7 Å². The van der Waals surface area contributed by atoms with Gasteiger partial charge in [0.25, 0.3) is 0 Å². The first-order valence-corrected chi connectivity index (χ1v) is 21.2. The van der Waals surface area contributed by atoms with Gasteiger partial charge in [0, 0.05) is 27.5 Å². The van der Waals surface area contributed by atoms with Gasteiger partial charge in [0.1, 0.15) is 29.0 Å². The normalized spacial score (nSPS) is 20.7. The van der Waals surface area contributed by atoms with Crippen LogP contribution in [0.25, 0.3) is 55.3 Å². The summed E-state index contributed by atoms with van der Waals surface area (Å²) in [6.45, 7) is 4.82. The quantitative estimate of drug-likeness (QED) is 0.195. The van der Waals surface area contributed by atoms with Crippen molar-refractivity contribution in [3.8, 4) is 33.4 Å². The Labute approximate surface area is 339 Å². The average Bonchev–Trinajstić information content (AvgIpc) is 3.86. The van der Waals surface area contributed by atoms with Gasteiger partial charge in [-0.3, -0.25) is 0 Å². The molecule has 2 atom stereocenters. The van der Waals surface area contributed by atoms with Gasteiger partial charge in [0.15, 0.2) is 0 Å². The van der Waals surface area contributed by atoms with E-state index in [4.69, 9.17) is 14.4 Å². The Morgan fingerprint density at radius 3 is 2.24 bits per heavy atom. The van der Waals surface area contributed by atoms with Gasteiger partial charge in [-0.05, 0) is 117 Å². The number of fused-ring (bicyclic) bond motifs is 11. The second kappa shape index (κ2) is 12.6. The van der Waals surface area contributed by atoms with Gasteiger partial charge >= 0.3 is 0 Å². The van der Waals surface area contributed by atoms with Crippen LogP contribution in [0.3, 0.4) is 0 Å². The summed E-state index contributed by atoms with van der Waals surface area (Å²) in [5, 5.41) is 5.86. The fraction of sp³-hybridized carbons (Fsp3) is 0.222. The summed E-state index contributed by atoms with van der Waals surface area (Å²) in [5.41, 5.74) is 17.9. The van der Waals surface area contributed by atoms with E-state index in [0.29, 0.717) is 0 Å². The van der Waals surface area contributed by atoms with Crippen LogP contribution in [0.2, 0.25) is 0 Å². The molecule has 4 nitrogen and oxygen atoms in total. The third-order valence-corrected chi connectivity index (χ3v) is 14.0. The molecule has 4 heteroatoms. The average molecular weight is 752 g/mol. The van der Waals surface area contributed by atoms with Crippen molar-refractivity contribution < 1.29 is 4.42 Å². The minimum Gasteiger partial charge on any atom is -0.455 e. The molecule has 1 spiro atoms. The first-order valence-electron chi connectivity index (χ1n) is 21.2. The number of nitrogens with one attached hydrogen (secondary N) is 1. The Balaban J connectivity index is 0.950. The molecule has 7 aromatic rings. The molecule has 1 aliphatic heterocycles. The van der Waals surface area contributed by atoms with Crippen molar-refractivity contribution in [1.29, 1.82) is 0 Å². The summed E-state index contributed by atoms with van der Waals surface area (Å²) in [5.74, 6) is 1.75. The number of furan rings is 1. The van der Waals surface area contributed by atoms with Gasteiger partial charge < -0.3 is 9.73 Å². The van der Waals surface area contributed by atoms with Crippen molar-refractivity contribution in [2.45, 2.75) is 69.4 Å². The monoisotopic (exact) mass is 751 g/mol. The zero-order valence-corrected chi connectivity index (χ0v) is 33.1. The van der Waals surface area contributed by atoms with E-state index in [2.05, 4.69) is 159 Å². The number of allylic oxidation sites excluding steroid dienone is 3. The Morgan fingerprint density at radius 2 is 1.38 bits per heavy atom. The maximum absolute atomic E-state index is 6.74. The topological polar surface area (TPSA) is 49.9 Å². The number of hydrogen-bond donors (Lipinski definition) is 1. The van der Waals surface area contributed by atoms with Gasteiger partial charge in [0.2, 0.25) is 0 Å². The third-order valence-electron chi connectivity index (χ3n) is 14.0. The molecule has 12 rings (SSSR count). The smallest absolute Gasteiger partial charge is 0.147 e. The Bertz CT molecular complexity index is 2970. The molecule has 2 heterocycles. The summed E-state index contributed by atoms with van der Waals surface area (Å²) in [4.78, 5) is 10.3. The van der Waals surface area contributed by atoms with Gasteiger partial charge in [-0.1, -0.05) is 142 Å². The van der Waals surface area contributed by atoms with Crippen LogP contribution in [0.1, 0.15) is 91.9 Å². The minimum atomic E-state index is -0.242. The van der Waals surface area contributed by atoms with E-state index in [9.17, 15) is 0 Å². The van der Waals surface area contributed by atoms with Crippen molar-refractivity contribution in [1.82, 2.24) is 5.32 Å². The molecular formula is C54H45N3O. The first kappa shape index (κ1) is 33.8. The molecule has 6 aromatic carbocycles.